The van der Waals surface area contributed by atoms with Gasteiger partial charge in [0, 0.05) is 5.75 Å². The van der Waals surface area contributed by atoms with Crippen LogP contribution >= 0.6 is 35.0 Å². The van der Waals surface area contributed by atoms with Gasteiger partial charge in [0.1, 0.15) is 6.04 Å². The number of carboxylic acid groups (broad SMARTS) is 1. The van der Waals surface area contributed by atoms with Gasteiger partial charge < -0.3 is 10.0 Å². The van der Waals surface area contributed by atoms with Crippen LogP contribution < -0.4 is 0 Å². The number of carbonyl (C=O) groups excluding carboxylic acids is 1. The lowest BCUT2D eigenvalue weighted by Gasteiger charge is -2.29. The number of carbonyl (C=O) groups is 2. The molecule has 1 aromatic heterocycles. The first-order valence-electron chi connectivity index (χ1n) is 6.18. The summed E-state index contributed by atoms with van der Waals surface area (Å²) in [5, 5.41) is 16.2. The van der Waals surface area contributed by atoms with Crippen molar-refractivity contribution >= 4 is 46.8 Å². The quantitative estimate of drug-likeness (QED) is 0.901. The molecule has 0 bridgehead atoms. The highest BCUT2D eigenvalue weighted by molar-refractivity contribution is 8.00. The first-order valence-corrected chi connectivity index (χ1v) is 7.99. The Hall–Kier alpha value is -1.05. The summed E-state index contributed by atoms with van der Waals surface area (Å²) in [6.45, 7) is 3.86. The second-order valence-electron chi connectivity index (χ2n) is 4.91. The largest absolute Gasteiger partial charge is 0.480 e. The molecule has 1 fully saturated rings. The molecule has 0 saturated carbocycles. The highest BCUT2D eigenvalue weighted by atomic mass is 35.5. The Morgan fingerprint density at radius 2 is 2.10 bits per heavy atom. The van der Waals surface area contributed by atoms with Crippen molar-refractivity contribution in [3.8, 4) is 0 Å². The average molecular weight is 350 g/mol. The molecule has 2 atom stereocenters. The number of hydrogen-bond donors (Lipinski definition) is 1. The number of hydrogen-bond acceptors (Lipinski definition) is 5. The molecule has 0 spiro atoms. The van der Waals surface area contributed by atoms with Gasteiger partial charge in [0.25, 0.3) is 5.91 Å². The molecule has 1 amide bonds. The molecule has 21 heavy (non-hydrogen) atoms. The van der Waals surface area contributed by atoms with Crippen molar-refractivity contribution in [2.75, 3.05) is 5.75 Å². The van der Waals surface area contributed by atoms with Crippen LogP contribution in [0.3, 0.4) is 0 Å². The second-order valence-corrected chi connectivity index (χ2v) is 6.80. The van der Waals surface area contributed by atoms with Crippen molar-refractivity contribution < 1.29 is 14.7 Å². The predicted molar refractivity (Wildman–Crippen MR) is 80.7 cm³/mol. The van der Waals surface area contributed by atoms with Gasteiger partial charge >= 0.3 is 5.97 Å². The Kier molecular flexibility index (Phi) is 4.95. The molecule has 0 aromatic carbocycles. The number of halogens is 2. The van der Waals surface area contributed by atoms with E-state index in [1.165, 1.54) is 22.7 Å². The number of aliphatic carboxylic acids is 1. The molecule has 0 radical (unpaired) electrons. The van der Waals surface area contributed by atoms with E-state index in [1.54, 1.807) is 0 Å². The normalized spacial score (nSPS) is 21.9. The molecule has 0 aliphatic carbocycles. The average Bonchev–Trinajstić information content (AvgIpc) is 2.85. The molecule has 1 N–H and O–H groups in total. The molecule has 1 saturated heterocycles. The van der Waals surface area contributed by atoms with Crippen molar-refractivity contribution in [2.45, 2.75) is 25.3 Å². The monoisotopic (exact) mass is 349 g/mol. The molecule has 114 valence electrons. The number of carboxylic acids is 1. The summed E-state index contributed by atoms with van der Waals surface area (Å²) in [5.41, 5.74) is 0.0658. The standard InChI is InChI=1S/C12H13Cl2N3O3S/c1-5(2)11-17(7(4-21-11)12(19)20)10(18)6-3-8(13)15-16-9(6)14/h3,5,7,11H,4H2,1-2H3,(H,19,20). The van der Waals surface area contributed by atoms with E-state index < -0.39 is 17.9 Å². The van der Waals surface area contributed by atoms with Crippen LogP contribution in [0.5, 0.6) is 0 Å². The lowest BCUT2D eigenvalue weighted by Crippen LogP contribution is -2.47. The van der Waals surface area contributed by atoms with Crippen molar-refractivity contribution in [2.24, 2.45) is 5.92 Å². The summed E-state index contributed by atoms with van der Waals surface area (Å²) < 4.78 is 0. The van der Waals surface area contributed by atoms with Crippen LogP contribution in [0, 0.1) is 5.92 Å². The van der Waals surface area contributed by atoms with Crippen molar-refractivity contribution in [1.82, 2.24) is 15.1 Å². The van der Waals surface area contributed by atoms with Crippen LogP contribution in [-0.2, 0) is 4.79 Å². The van der Waals surface area contributed by atoms with Crippen molar-refractivity contribution in [1.29, 1.82) is 0 Å². The summed E-state index contributed by atoms with van der Waals surface area (Å²) in [7, 11) is 0. The fourth-order valence-electron chi connectivity index (χ4n) is 2.13. The molecular weight excluding hydrogens is 337 g/mol. The minimum Gasteiger partial charge on any atom is -0.480 e. The van der Waals surface area contributed by atoms with E-state index in [2.05, 4.69) is 10.2 Å². The zero-order chi connectivity index (χ0) is 15.7. The van der Waals surface area contributed by atoms with Gasteiger partial charge in [-0.2, -0.15) is 0 Å². The fourth-order valence-corrected chi connectivity index (χ4v) is 3.92. The first kappa shape index (κ1) is 16.3. The number of thioether (sulfide) groups is 1. The molecule has 2 heterocycles. The van der Waals surface area contributed by atoms with E-state index in [4.69, 9.17) is 23.2 Å². The fraction of sp³-hybridized carbons (Fsp3) is 0.500. The molecule has 1 aliphatic heterocycles. The summed E-state index contributed by atoms with van der Waals surface area (Å²) in [5.74, 6) is -1.09. The van der Waals surface area contributed by atoms with Crippen LogP contribution in [-0.4, -0.2) is 49.2 Å². The minimum absolute atomic E-state index is 0.0302. The molecule has 6 nitrogen and oxygen atoms in total. The smallest absolute Gasteiger partial charge is 0.327 e. The Morgan fingerprint density at radius 3 is 2.67 bits per heavy atom. The highest BCUT2D eigenvalue weighted by Gasteiger charge is 2.43. The van der Waals surface area contributed by atoms with Crippen LogP contribution in [0.15, 0.2) is 6.07 Å². The molecule has 2 rings (SSSR count). The SMILES string of the molecule is CC(C)C1SCC(C(=O)O)N1C(=O)c1cc(Cl)nnc1Cl. The van der Waals surface area contributed by atoms with Gasteiger partial charge in [-0.25, -0.2) is 4.79 Å². The maximum atomic E-state index is 12.7. The predicted octanol–water partition coefficient (Wildman–Crippen LogP) is 2.41. The van der Waals surface area contributed by atoms with Crippen LogP contribution in [0.1, 0.15) is 24.2 Å². The topological polar surface area (TPSA) is 83.4 Å². The molecule has 2 unspecified atom stereocenters. The van der Waals surface area contributed by atoms with Crippen molar-refractivity contribution in [3.05, 3.63) is 21.9 Å². The summed E-state index contributed by atoms with van der Waals surface area (Å²) in [6.07, 6.45) is 0. The van der Waals surface area contributed by atoms with E-state index in [0.717, 1.165) is 0 Å². The zero-order valence-corrected chi connectivity index (χ0v) is 13.6. The van der Waals surface area contributed by atoms with Crippen molar-refractivity contribution in [3.63, 3.8) is 0 Å². The first-order chi connectivity index (χ1) is 9.82. The lowest BCUT2D eigenvalue weighted by atomic mass is 10.1. The van der Waals surface area contributed by atoms with Gasteiger partial charge in [0.15, 0.2) is 10.3 Å². The van der Waals surface area contributed by atoms with E-state index in [1.807, 2.05) is 13.8 Å². The third-order valence-corrected chi connectivity index (χ3v) is 5.16. The Morgan fingerprint density at radius 1 is 1.43 bits per heavy atom. The van der Waals surface area contributed by atoms with Gasteiger partial charge in [-0.1, -0.05) is 37.0 Å². The third kappa shape index (κ3) is 3.25. The van der Waals surface area contributed by atoms with Gasteiger partial charge in [0.05, 0.1) is 10.9 Å². The maximum Gasteiger partial charge on any atom is 0.327 e. The molecule has 1 aliphatic rings. The zero-order valence-electron chi connectivity index (χ0n) is 11.3. The number of amides is 1. The Labute approximate surface area is 135 Å². The van der Waals surface area contributed by atoms with Gasteiger partial charge in [-0.15, -0.1) is 22.0 Å². The number of nitrogens with zero attached hydrogens (tertiary/aromatic N) is 3. The molecule has 1 aromatic rings. The highest BCUT2D eigenvalue weighted by Crippen LogP contribution is 2.36. The molecule has 9 heteroatoms. The second kappa shape index (κ2) is 6.37. The molecular formula is C12H13Cl2N3O3S. The summed E-state index contributed by atoms with van der Waals surface area (Å²) in [4.78, 5) is 25.4. The van der Waals surface area contributed by atoms with Gasteiger partial charge in [-0.05, 0) is 12.0 Å². The Bertz CT molecular complexity index is 585. The third-order valence-electron chi connectivity index (χ3n) is 3.07. The van der Waals surface area contributed by atoms with E-state index in [-0.39, 0.29) is 27.2 Å². The van der Waals surface area contributed by atoms with Crippen LogP contribution in [0.2, 0.25) is 10.3 Å². The summed E-state index contributed by atoms with van der Waals surface area (Å²) >= 11 is 13.1. The van der Waals surface area contributed by atoms with E-state index in [9.17, 15) is 14.7 Å². The van der Waals surface area contributed by atoms with Gasteiger partial charge in [0.2, 0.25) is 0 Å². The summed E-state index contributed by atoms with van der Waals surface area (Å²) in [6, 6.07) is 0.413. The lowest BCUT2D eigenvalue weighted by molar-refractivity contribution is -0.141. The minimum atomic E-state index is -1.04. The number of rotatable bonds is 3. The maximum absolute atomic E-state index is 12.7. The van der Waals surface area contributed by atoms with E-state index >= 15 is 0 Å². The number of aromatic nitrogens is 2. The van der Waals surface area contributed by atoms with Crippen LogP contribution in [0.25, 0.3) is 0 Å². The van der Waals surface area contributed by atoms with Gasteiger partial charge in [-0.3, -0.25) is 4.79 Å². The Balaban J connectivity index is 2.41. The van der Waals surface area contributed by atoms with E-state index in [0.29, 0.717) is 5.75 Å². The van der Waals surface area contributed by atoms with Crippen LogP contribution in [0.4, 0.5) is 0 Å².